The predicted molar refractivity (Wildman–Crippen MR) is 130 cm³/mol. The fourth-order valence-corrected chi connectivity index (χ4v) is 5.19. The van der Waals surface area contributed by atoms with Gasteiger partial charge in [-0.25, -0.2) is 0 Å². The fourth-order valence-electron chi connectivity index (χ4n) is 5.19. The first-order valence-electron chi connectivity index (χ1n) is 12.1. The molecule has 0 saturated carbocycles. The second-order valence-electron chi connectivity index (χ2n) is 9.57. The standard InChI is InChI=1S/C26H30N4O6/c1-16-13-17(14-29-9-11-36-12-10-29)5-6-20(16)26(34,35)28-21-4-2-3-18-19(21)15-30(25(18)33)22-7-8-23(31)27-24(22)32/h2-6,13,22,28,34-35H,7-12,14-15H2,1H3,(H,27,31,32). The number of amides is 3. The number of benzene rings is 2. The molecule has 2 fully saturated rings. The van der Waals surface area contributed by atoms with Crippen LogP contribution in [0.3, 0.4) is 0 Å². The highest BCUT2D eigenvalue weighted by Crippen LogP contribution is 2.35. The van der Waals surface area contributed by atoms with E-state index in [1.54, 1.807) is 24.3 Å². The van der Waals surface area contributed by atoms with Crippen molar-refractivity contribution >= 4 is 23.4 Å². The number of imide groups is 1. The maximum Gasteiger partial charge on any atom is 0.273 e. The van der Waals surface area contributed by atoms with Gasteiger partial charge in [0.05, 0.1) is 13.2 Å². The molecule has 0 aromatic heterocycles. The van der Waals surface area contributed by atoms with Crippen LogP contribution in [0.1, 0.15) is 45.5 Å². The van der Waals surface area contributed by atoms with Gasteiger partial charge >= 0.3 is 0 Å². The van der Waals surface area contributed by atoms with E-state index in [1.165, 1.54) is 4.90 Å². The van der Waals surface area contributed by atoms with E-state index in [1.807, 2.05) is 19.1 Å². The molecule has 10 heteroatoms. The number of morpholine rings is 1. The Labute approximate surface area is 208 Å². The number of rotatable bonds is 6. The van der Waals surface area contributed by atoms with Gasteiger partial charge < -0.3 is 25.2 Å². The van der Waals surface area contributed by atoms with Crippen LogP contribution >= 0.6 is 0 Å². The SMILES string of the molecule is Cc1cc(CN2CCOCC2)ccc1C(O)(O)Nc1cccc2c1CN(C1CCC(=O)NC1=O)C2=O. The highest BCUT2D eigenvalue weighted by molar-refractivity contribution is 6.06. The second-order valence-corrected chi connectivity index (χ2v) is 9.57. The van der Waals surface area contributed by atoms with Crippen molar-refractivity contribution < 1.29 is 29.3 Å². The molecule has 0 spiro atoms. The number of aliphatic hydroxyl groups is 2. The number of carbonyl (C=O) groups is 3. The summed E-state index contributed by atoms with van der Waals surface area (Å²) in [6.07, 6.45) is 0.423. The minimum absolute atomic E-state index is 0.122. The first-order valence-corrected chi connectivity index (χ1v) is 12.1. The Morgan fingerprint density at radius 2 is 1.92 bits per heavy atom. The number of ether oxygens (including phenoxy) is 1. The molecule has 2 saturated heterocycles. The Hall–Kier alpha value is -3.31. The summed E-state index contributed by atoms with van der Waals surface area (Å²) in [7, 11) is 0. The van der Waals surface area contributed by atoms with Crippen molar-refractivity contribution in [3.8, 4) is 0 Å². The zero-order valence-corrected chi connectivity index (χ0v) is 20.1. The smallest absolute Gasteiger partial charge is 0.273 e. The van der Waals surface area contributed by atoms with Crippen molar-refractivity contribution in [2.24, 2.45) is 0 Å². The van der Waals surface area contributed by atoms with Crippen molar-refractivity contribution in [3.05, 3.63) is 64.2 Å². The summed E-state index contributed by atoms with van der Waals surface area (Å²) >= 11 is 0. The van der Waals surface area contributed by atoms with Gasteiger partial charge in [-0.05, 0) is 36.6 Å². The molecule has 5 rings (SSSR count). The van der Waals surface area contributed by atoms with Crippen LogP contribution in [0.5, 0.6) is 0 Å². The monoisotopic (exact) mass is 494 g/mol. The van der Waals surface area contributed by atoms with E-state index in [4.69, 9.17) is 4.74 Å². The molecule has 2 aromatic carbocycles. The van der Waals surface area contributed by atoms with Crippen LogP contribution < -0.4 is 10.6 Å². The van der Waals surface area contributed by atoms with E-state index in [2.05, 4.69) is 15.5 Å². The molecule has 0 aliphatic carbocycles. The first-order chi connectivity index (χ1) is 17.2. The van der Waals surface area contributed by atoms with Gasteiger partial charge in [-0.1, -0.05) is 24.3 Å². The zero-order valence-electron chi connectivity index (χ0n) is 20.1. The van der Waals surface area contributed by atoms with Gasteiger partial charge in [0.15, 0.2) is 0 Å². The second kappa shape index (κ2) is 9.62. The molecule has 4 N–H and O–H groups in total. The minimum Gasteiger partial charge on any atom is -0.379 e. The number of fused-ring (bicyclic) bond motifs is 1. The average Bonchev–Trinajstić information content (AvgIpc) is 3.17. The molecular formula is C26H30N4O6. The molecule has 10 nitrogen and oxygen atoms in total. The summed E-state index contributed by atoms with van der Waals surface area (Å²) < 4.78 is 5.40. The number of nitrogens with zero attached hydrogens (tertiary/aromatic N) is 2. The zero-order chi connectivity index (χ0) is 25.4. The van der Waals surface area contributed by atoms with Crippen LogP contribution in [0, 0.1) is 6.92 Å². The summed E-state index contributed by atoms with van der Waals surface area (Å²) in [5.41, 5.74) is 3.43. The third kappa shape index (κ3) is 4.72. The molecule has 0 bridgehead atoms. The number of carbonyl (C=O) groups excluding carboxylic acids is 3. The third-order valence-corrected chi connectivity index (χ3v) is 7.07. The Morgan fingerprint density at radius 3 is 2.64 bits per heavy atom. The largest absolute Gasteiger partial charge is 0.379 e. The van der Waals surface area contributed by atoms with Gasteiger partial charge in [-0.2, -0.15) is 0 Å². The Morgan fingerprint density at radius 1 is 1.14 bits per heavy atom. The average molecular weight is 495 g/mol. The molecule has 1 unspecified atom stereocenters. The van der Waals surface area contributed by atoms with Crippen LogP contribution in [0.2, 0.25) is 0 Å². The maximum atomic E-state index is 13.1. The van der Waals surface area contributed by atoms with E-state index in [9.17, 15) is 24.6 Å². The quantitative estimate of drug-likeness (QED) is 0.343. The molecule has 3 amide bonds. The fraction of sp³-hybridized carbons (Fsp3) is 0.423. The first kappa shape index (κ1) is 24.4. The molecule has 1 atom stereocenters. The third-order valence-electron chi connectivity index (χ3n) is 7.07. The van der Waals surface area contributed by atoms with Crippen molar-refractivity contribution in [2.75, 3.05) is 31.6 Å². The van der Waals surface area contributed by atoms with E-state index >= 15 is 0 Å². The van der Waals surface area contributed by atoms with E-state index in [0.29, 0.717) is 41.2 Å². The van der Waals surface area contributed by atoms with E-state index in [0.717, 1.165) is 25.2 Å². The number of nitrogens with one attached hydrogen (secondary N) is 2. The molecule has 0 radical (unpaired) electrons. The van der Waals surface area contributed by atoms with Gasteiger partial charge in [-0.15, -0.1) is 0 Å². The van der Waals surface area contributed by atoms with Crippen molar-refractivity contribution in [2.45, 2.75) is 44.8 Å². The molecule has 36 heavy (non-hydrogen) atoms. The summed E-state index contributed by atoms with van der Waals surface area (Å²) in [6.45, 7) is 5.85. The van der Waals surface area contributed by atoms with Gasteiger partial charge in [0.1, 0.15) is 6.04 Å². The van der Waals surface area contributed by atoms with Gasteiger partial charge in [-0.3, -0.25) is 24.6 Å². The highest BCUT2D eigenvalue weighted by atomic mass is 16.5. The molecule has 3 aliphatic heterocycles. The normalized spacial score (nSPS) is 20.9. The van der Waals surface area contributed by atoms with Gasteiger partial charge in [0, 0.05) is 55.0 Å². The summed E-state index contributed by atoms with van der Waals surface area (Å²) in [5, 5.41) is 27.1. The Kier molecular flexibility index (Phi) is 6.52. The van der Waals surface area contributed by atoms with Crippen molar-refractivity contribution in [1.29, 1.82) is 0 Å². The van der Waals surface area contributed by atoms with Crippen LogP contribution in [0.4, 0.5) is 5.69 Å². The topological polar surface area (TPSA) is 131 Å². The molecular weight excluding hydrogens is 464 g/mol. The van der Waals surface area contributed by atoms with Crippen molar-refractivity contribution in [1.82, 2.24) is 15.1 Å². The Balaban J connectivity index is 1.34. The number of hydrogen-bond acceptors (Lipinski definition) is 8. The lowest BCUT2D eigenvalue weighted by Gasteiger charge is -2.30. The lowest BCUT2D eigenvalue weighted by atomic mass is 10.0. The molecule has 3 aliphatic rings. The van der Waals surface area contributed by atoms with Gasteiger partial charge in [0.25, 0.3) is 11.8 Å². The predicted octanol–water partition coefficient (Wildman–Crippen LogP) is 0.795. The lowest BCUT2D eigenvalue weighted by Crippen LogP contribution is -2.52. The van der Waals surface area contributed by atoms with Crippen LogP contribution in [0.15, 0.2) is 36.4 Å². The lowest BCUT2D eigenvalue weighted by molar-refractivity contribution is -0.144. The molecule has 190 valence electrons. The van der Waals surface area contributed by atoms with E-state index in [-0.39, 0.29) is 31.2 Å². The van der Waals surface area contributed by atoms with Crippen LogP contribution in [-0.2, 0) is 33.3 Å². The number of hydrogen-bond donors (Lipinski definition) is 4. The van der Waals surface area contributed by atoms with Crippen LogP contribution in [-0.4, -0.2) is 70.1 Å². The summed E-state index contributed by atoms with van der Waals surface area (Å²) in [6, 6.07) is 9.75. The molecule has 3 heterocycles. The van der Waals surface area contributed by atoms with Gasteiger partial charge in [0.2, 0.25) is 11.8 Å². The highest BCUT2D eigenvalue weighted by Gasteiger charge is 2.40. The maximum absolute atomic E-state index is 13.1. The minimum atomic E-state index is -2.39. The number of anilines is 1. The number of piperidine rings is 1. The van der Waals surface area contributed by atoms with Crippen molar-refractivity contribution in [3.63, 3.8) is 0 Å². The van der Waals surface area contributed by atoms with E-state index < -0.39 is 17.9 Å². The summed E-state index contributed by atoms with van der Waals surface area (Å²) in [4.78, 5) is 40.7. The summed E-state index contributed by atoms with van der Waals surface area (Å²) in [5.74, 6) is -3.55. The number of aryl methyl sites for hydroxylation is 1. The molecule has 2 aromatic rings. The Bertz CT molecular complexity index is 1210. The van der Waals surface area contributed by atoms with Crippen LogP contribution in [0.25, 0.3) is 0 Å².